The summed E-state index contributed by atoms with van der Waals surface area (Å²) in [5.41, 5.74) is 3.93. The molecule has 0 saturated heterocycles. The number of hydrogen-bond acceptors (Lipinski definition) is 2. The minimum absolute atomic E-state index is 0.0528. The SMILES string of the molecule is CCc1ccc(OCc2c(CC)cccc2CC(=O)NC)c(F)c1. The van der Waals surface area contributed by atoms with Crippen LogP contribution in [0.25, 0.3) is 0 Å². The Balaban J connectivity index is 2.23. The zero-order valence-electron chi connectivity index (χ0n) is 14.5. The van der Waals surface area contributed by atoms with Gasteiger partial charge in [0.2, 0.25) is 5.91 Å². The second kappa shape index (κ2) is 8.48. The summed E-state index contributed by atoms with van der Waals surface area (Å²) in [6, 6.07) is 10.9. The molecule has 2 aromatic rings. The van der Waals surface area contributed by atoms with Crippen LogP contribution in [0.15, 0.2) is 36.4 Å². The van der Waals surface area contributed by atoms with E-state index in [1.807, 2.05) is 31.2 Å². The number of halogens is 1. The number of amides is 1. The predicted molar refractivity (Wildman–Crippen MR) is 93.7 cm³/mol. The molecule has 0 aliphatic rings. The third-order valence-corrected chi connectivity index (χ3v) is 4.16. The Labute approximate surface area is 142 Å². The molecule has 0 saturated carbocycles. The third-order valence-electron chi connectivity index (χ3n) is 4.16. The van der Waals surface area contributed by atoms with Crippen molar-refractivity contribution in [1.29, 1.82) is 0 Å². The second-order valence-corrected chi connectivity index (χ2v) is 5.67. The van der Waals surface area contributed by atoms with Crippen molar-refractivity contribution in [3.8, 4) is 5.75 Å². The number of ether oxygens (including phenoxy) is 1. The Morgan fingerprint density at radius 3 is 2.50 bits per heavy atom. The van der Waals surface area contributed by atoms with Crippen LogP contribution in [0, 0.1) is 5.82 Å². The van der Waals surface area contributed by atoms with E-state index in [1.165, 1.54) is 6.07 Å². The lowest BCUT2D eigenvalue weighted by Gasteiger charge is -2.15. The van der Waals surface area contributed by atoms with Gasteiger partial charge in [-0.3, -0.25) is 4.79 Å². The topological polar surface area (TPSA) is 38.3 Å². The van der Waals surface area contributed by atoms with Gasteiger partial charge in [-0.2, -0.15) is 0 Å². The molecule has 1 amide bonds. The van der Waals surface area contributed by atoms with Crippen molar-refractivity contribution in [2.45, 2.75) is 39.7 Å². The van der Waals surface area contributed by atoms with Gasteiger partial charge < -0.3 is 10.1 Å². The van der Waals surface area contributed by atoms with Crippen LogP contribution in [-0.2, 0) is 30.7 Å². The van der Waals surface area contributed by atoms with Crippen molar-refractivity contribution in [1.82, 2.24) is 5.32 Å². The summed E-state index contributed by atoms with van der Waals surface area (Å²) in [6.45, 7) is 4.29. The monoisotopic (exact) mass is 329 g/mol. The standard InChI is InChI=1S/C20H24FNO2/c1-4-14-9-10-19(18(21)11-14)24-13-17-15(5-2)7-6-8-16(17)12-20(23)22-3/h6-11H,4-5,12-13H2,1-3H3,(H,22,23). The lowest BCUT2D eigenvalue weighted by atomic mass is 9.97. The molecule has 1 N–H and O–H groups in total. The van der Waals surface area contributed by atoms with E-state index in [9.17, 15) is 9.18 Å². The maximum Gasteiger partial charge on any atom is 0.224 e. The van der Waals surface area contributed by atoms with E-state index in [0.717, 1.165) is 35.1 Å². The molecule has 128 valence electrons. The van der Waals surface area contributed by atoms with E-state index in [0.29, 0.717) is 6.42 Å². The first-order chi connectivity index (χ1) is 11.6. The Kier molecular flexibility index (Phi) is 6.36. The fourth-order valence-electron chi connectivity index (χ4n) is 2.66. The van der Waals surface area contributed by atoms with Crippen LogP contribution < -0.4 is 10.1 Å². The Hall–Kier alpha value is -2.36. The maximum absolute atomic E-state index is 14.1. The summed E-state index contributed by atoms with van der Waals surface area (Å²) < 4.78 is 19.8. The molecule has 0 aliphatic heterocycles. The van der Waals surface area contributed by atoms with Gasteiger partial charge in [-0.25, -0.2) is 4.39 Å². The molecule has 0 atom stereocenters. The molecule has 0 unspecified atom stereocenters. The lowest BCUT2D eigenvalue weighted by molar-refractivity contribution is -0.119. The molecule has 0 radical (unpaired) electrons. The maximum atomic E-state index is 14.1. The summed E-state index contributed by atoms with van der Waals surface area (Å²) in [5.74, 6) is -0.164. The quantitative estimate of drug-likeness (QED) is 0.839. The average molecular weight is 329 g/mol. The number of nitrogens with one attached hydrogen (secondary N) is 1. The number of benzene rings is 2. The van der Waals surface area contributed by atoms with Gasteiger partial charge in [0.05, 0.1) is 6.42 Å². The summed E-state index contributed by atoms with van der Waals surface area (Å²) in [7, 11) is 1.62. The first kappa shape index (κ1) is 18.0. The number of carbonyl (C=O) groups excluding carboxylic acids is 1. The smallest absolute Gasteiger partial charge is 0.224 e. The molecule has 4 heteroatoms. The minimum atomic E-state index is -0.351. The molecule has 0 fully saturated rings. The van der Waals surface area contributed by atoms with E-state index < -0.39 is 0 Å². The fraction of sp³-hybridized carbons (Fsp3) is 0.350. The van der Waals surface area contributed by atoms with Gasteiger partial charge in [0, 0.05) is 7.05 Å². The molecular formula is C20H24FNO2. The van der Waals surface area contributed by atoms with E-state index in [-0.39, 0.29) is 24.1 Å². The Morgan fingerprint density at radius 1 is 1.12 bits per heavy atom. The highest BCUT2D eigenvalue weighted by Crippen LogP contribution is 2.23. The van der Waals surface area contributed by atoms with Crippen molar-refractivity contribution < 1.29 is 13.9 Å². The van der Waals surface area contributed by atoms with Gasteiger partial charge in [-0.05, 0) is 47.2 Å². The zero-order valence-corrected chi connectivity index (χ0v) is 14.5. The van der Waals surface area contributed by atoms with Gasteiger partial charge in [0.15, 0.2) is 11.6 Å². The van der Waals surface area contributed by atoms with Crippen LogP contribution in [0.4, 0.5) is 4.39 Å². The van der Waals surface area contributed by atoms with Crippen molar-refractivity contribution in [2.75, 3.05) is 7.05 Å². The minimum Gasteiger partial charge on any atom is -0.486 e. The molecule has 0 aromatic heterocycles. The largest absolute Gasteiger partial charge is 0.486 e. The second-order valence-electron chi connectivity index (χ2n) is 5.67. The molecule has 0 heterocycles. The molecule has 2 aromatic carbocycles. The highest BCUT2D eigenvalue weighted by Gasteiger charge is 2.12. The van der Waals surface area contributed by atoms with Crippen LogP contribution >= 0.6 is 0 Å². The summed E-state index contributed by atoms with van der Waals surface area (Å²) >= 11 is 0. The number of aryl methyl sites for hydroxylation is 2. The van der Waals surface area contributed by atoms with E-state index in [2.05, 4.69) is 12.2 Å². The highest BCUT2D eigenvalue weighted by molar-refractivity contribution is 5.78. The Morgan fingerprint density at radius 2 is 1.88 bits per heavy atom. The molecule has 0 bridgehead atoms. The number of likely N-dealkylation sites (N-methyl/N-ethyl adjacent to an activating group) is 1. The first-order valence-corrected chi connectivity index (χ1v) is 8.30. The molecule has 3 nitrogen and oxygen atoms in total. The van der Waals surface area contributed by atoms with Crippen molar-refractivity contribution >= 4 is 5.91 Å². The van der Waals surface area contributed by atoms with Crippen LogP contribution in [0.3, 0.4) is 0 Å². The van der Waals surface area contributed by atoms with Gasteiger partial charge in [-0.15, -0.1) is 0 Å². The molecule has 2 rings (SSSR count). The number of carbonyl (C=O) groups is 1. The normalized spacial score (nSPS) is 10.5. The first-order valence-electron chi connectivity index (χ1n) is 8.30. The molecule has 24 heavy (non-hydrogen) atoms. The predicted octanol–water partition coefficient (Wildman–Crippen LogP) is 3.82. The summed E-state index contributed by atoms with van der Waals surface area (Å²) in [5, 5.41) is 2.63. The zero-order chi connectivity index (χ0) is 17.5. The van der Waals surface area contributed by atoms with Crippen LogP contribution in [-0.4, -0.2) is 13.0 Å². The van der Waals surface area contributed by atoms with E-state index in [4.69, 9.17) is 4.74 Å². The van der Waals surface area contributed by atoms with E-state index in [1.54, 1.807) is 13.1 Å². The number of hydrogen-bond donors (Lipinski definition) is 1. The average Bonchev–Trinajstić information content (AvgIpc) is 2.60. The summed E-state index contributed by atoms with van der Waals surface area (Å²) in [6.07, 6.45) is 1.91. The van der Waals surface area contributed by atoms with Gasteiger partial charge in [0.25, 0.3) is 0 Å². The molecule has 0 aliphatic carbocycles. The Bertz CT molecular complexity index is 713. The molecular weight excluding hydrogens is 305 g/mol. The van der Waals surface area contributed by atoms with Gasteiger partial charge in [0.1, 0.15) is 6.61 Å². The lowest BCUT2D eigenvalue weighted by Crippen LogP contribution is -2.21. The van der Waals surface area contributed by atoms with Crippen molar-refractivity contribution in [2.24, 2.45) is 0 Å². The van der Waals surface area contributed by atoms with Gasteiger partial charge in [-0.1, -0.05) is 38.1 Å². The number of rotatable bonds is 7. The van der Waals surface area contributed by atoms with Crippen LogP contribution in [0.1, 0.15) is 36.1 Å². The highest BCUT2D eigenvalue weighted by atomic mass is 19.1. The van der Waals surface area contributed by atoms with E-state index >= 15 is 0 Å². The van der Waals surface area contributed by atoms with Crippen LogP contribution in [0.2, 0.25) is 0 Å². The fourth-order valence-corrected chi connectivity index (χ4v) is 2.66. The van der Waals surface area contributed by atoms with Crippen molar-refractivity contribution in [3.63, 3.8) is 0 Å². The van der Waals surface area contributed by atoms with Gasteiger partial charge >= 0.3 is 0 Å². The molecule has 0 spiro atoms. The van der Waals surface area contributed by atoms with Crippen molar-refractivity contribution in [3.05, 3.63) is 64.5 Å². The third kappa shape index (κ3) is 4.34. The van der Waals surface area contributed by atoms with Crippen LogP contribution in [0.5, 0.6) is 5.75 Å². The summed E-state index contributed by atoms with van der Waals surface area (Å²) in [4.78, 5) is 11.7.